The molecule has 0 N–H and O–H groups in total. The van der Waals surface area contributed by atoms with Crippen LogP contribution >= 0.6 is 0 Å². The lowest BCUT2D eigenvalue weighted by molar-refractivity contribution is 0.0543. The minimum Gasteiger partial charge on any atom is -0.298 e. The minimum atomic E-state index is 0.637. The summed E-state index contributed by atoms with van der Waals surface area (Å²) in [6, 6.07) is 12.2. The van der Waals surface area contributed by atoms with Crippen LogP contribution in [0, 0.1) is 0 Å². The zero-order valence-electron chi connectivity index (χ0n) is 12.7. The maximum atomic E-state index is 4.60. The summed E-state index contributed by atoms with van der Waals surface area (Å²) < 4.78 is 0. The van der Waals surface area contributed by atoms with Gasteiger partial charge in [0.15, 0.2) is 0 Å². The monoisotopic (exact) mass is 281 g/mol. The van der Waals surface area contributed by atoms with Crippen LogP contribution in [0.2, 0.25) is 0 Å². The second-order valence-electron chi connectivity index (χ2n) is 6.56. The van der Waals surface area contributed by atoms with Gasteiger partial charge in [-0.1, -0.05) is 24.3 Å². The Morgan fingerprint density at radius 2 is 2.10 bits per heavy atom. The fourth-order valence-corrected chi connectivity index (χ4v) is 3.98. The van der Waals surface area contributed by atoms with Crippen LogP contribution in [0.5, 0.6) is 0 Å². The second-order valence-corrected chi connectivity index (χ2v) is 6.56. The number of pyridine rings is 1. The highest BCUT2D eigenvalue weighted by molar-refractivity contribution is 5.81. The van der Waals surface area contributed by atoms with Gasteiger partial charge in [0.25, 0.3) is 0 Å². The number of nitrogens with zero attached hydrogens (tertiary/aromatic N) is 3. The second kappa shape index (κ2) is 5.39. The van der Waals surface area contributed by atoms with Gasteiger partial charge in [0, 0.05) is 43.3 Å². The fourth-order valence-electron chi connectivity index (χ4n) is 3.98. The molecule has 2 saturated heterocycles. The quantitative estimate of drug-likeness (QED) is 0.844. The lowest BCUT2D eigenvalue weighted by atomic mass is 10.0. The number of hydrogen-bond donors (Lipinski definition) is 0. The van der Waals surface area contributed by atoms with Gasteiger partial charge in [-0.3, -0.25) is 14.8 Å². The first-order valence-corrected chi connectivity index (χ1v) is 8.12. The molecule has 2 aromatic rings. The van der Waals surface area contributed by atoms with Gasteiger partial charge in [-0.25, -0.2) is 0 Å². The van der Waals surface area contributed by atoms with Gasteiger partial charge < -0.3 is 0 Å². The first-order chi connectivity index (χ1) is 10.3. The lowest BCUT2D eigenvalue weighted by Gasteiger charge is -2.42. The standard InChI is InChI=1S/C18H23N3/c1-14-11-20-10-4-8-17(20)13-21(14)12-16-6-2-5-15-7-3-9-19-18(15)16/h2-3,5-7,9,14,17H,4,8,10-13H2,1H3/t14-,17?/m1/s1. The van der Waals surface area contributed by atoms with E-state index in [1.807, 2.05) is 12.3 Å². The van der Waals surface area contributed by atoms with E-state index in [0.29, 0.717) is 6.04 Å². The highest BCUT2D eigenvalue weighted by Gasteiger charge is 2.34. The van der Waals surface area contributed by atoms with E-state index in [4.69, 9.17) is 0 Å². The van der Waals surface area contributed by atoms with Crippen molar-refractivity contribution in [3.63, 3.8) is 0 Å². The van der Waals surface area contributed by atoms with Crippen molar-refractivity contribution in [2.24, 2.45) is 0 Å². The number of fused-ring (bicyclic) bond motifs is 2. The lowest BCUT2D eigenvalue weighted by Crippen LogP contribution is -2.54. The van der Waals surface area contributed by atoms with Gasteiger partial charge >= 0.3 is 0 Å². The Bertz CT molecular complexity index is 634. The zero-order valence-corrected chi connectivity index (χ0v) is 12.7. The van der Waals surface area contributed by atoms with Gasteiger partial charge in [-0.15, -0.1) is 0 Å². The molecular weight excluding hydrogens is 258 g/mol. The highest BCUT2D eigenvalue weighted by Crippen LogP contribution is 2.27. The Hall–Kier alpha value is -1.45. The average Bonchev–Trinajstić information content (AvgIpc) is 2.95. The summed E-state index contributed by atoms with van der Waals surface area (Å²) in [5, 5.41) is 1.25. The molecule has 4 rings (SSSR count). The van der Waals surface area contributed by atoms with Gasteiger partial charge in [-0.05, 0) is 37.9 Å². The smallest absolute Gasteiger partial charge is 0.0746 e. The normalized spacial score (nSPS) is 27.1. The molecule has 3 nitrogen and oxygen atoms in total. The van der Waals surface area contributed by atoms with Crippen LogP contribution in [0.15, 0.2) is 36.5 Å². The summed E-state index contributed by atoms with van der Waals surface area (Å²) in [6.07, 6.45) is 4.65. The predicted molar refractivity (Wildman–Crippen MR) is 86.2 cm³/mol. The Kier molecular flexibility index (Phi) is 3.40. The molecule has 0 amide bonds. The van der Waals surface area contributed by atoms with Crippen molar-refractivity contribution in [2.75, 3.05) is 19.6 Å². The van der Waals surface area contributed by atoms with Crippen LogP contribution in [0.3, 0.4) is 0 Å². The van der Waals surface area contributed by atoms with Gasteiger partial charge in [0.05, 0.1) is 5.52 Å². The summed E-state index contributed by atoms with van der Waals surface area (Å²) >= 11 is 0. The molecule has 2 aliphatic rings. The van der Waals surface area contributed by atoms with Crippen LogP contribution in [-0.2, 0) is 6.54 Å². The van der Waals surface area contributed by atoms with Gasteiger partial charge in [0.1, 0.15) is 0 Å². The molecule has 2 fully saturated rings. The molecule has 1 aromatic heterocycles. The molecule has 0 spiro atoms. The van der Waals surface area contributed by atoms with Crippen molar-refractivity contribution in [2.45, 2.75) is 38.4 Å². The average molecular weight is 281 g/mol. The predicted octanol–water partition coefficient (Wildman–Crippen LogP) is 2.90. The van der Waals surface area contributed by atoms with E-state index in [9.17, 15) is 0 Å². The highest BCUT2D eigenvalue weighted by atomic mass is 15.3. The van der Waals surface area contributed by atoms with E-state index in [0.717, 1.165) is 12.6 Å². The molecule has 2 atom stereocenters. The topological polar surface area (TPSA) is 19.4 Å². The molecule has 0 bridgehead atoms. The first-order valence-electron chi connectivity index (χ1n) is 8.12. The van der Waals surface area contributed by atoms with Crippen molar-refractivity contribution < 1.29 is 0 Å². The van der Waals surface area contributed by atoms with Gasteiger partial charge in [0.2, 0.25) is 0 Å². The third kappa shape index (κ3) is 2.45. The summed E-state index contributed by atoms with van der Waals surface area (Å²) in [6.45, 7) is 7.14. The maximum Gasteiger partial charge on any atom is 0.0746 e. The Balaban J connectivity index is 1.59. The Labute approximate surface area is 126 Å². The van der Waals surface area contributed by atoms with Crippen molar-refractivity contribution >= 4 is 10.9 Å². The fraction of sp³-hybridized carbons (Fsp3) is 0.500. The summed E-state index contributed by atoms with van der Waals surface area (Å²) in [5.74, 6) is 0. The summed E-state index contributed by atoms with van der Waals surface area (Å²) in [5.41, 5.74) is 2.53. The molecular formula is C18H23N3. The molecule has 3 heteroatoms. The largest absolute Gasteiger partial charge is 0.298 e. The van der Waals surface area contributed by atoms with E-state index in [1.54, 1.807) is 0 Å². The minimum absolute atomic E-state index is 0.637. The Morgan fingerprint density at radius 1 is 1.19 bits per heavy atom. The van der Waals surface area contributed by atoms with Crippen LogP contribution in [0.25, 0.3) is 10.9 Å². The molecule has 3 heterocycles. The molecule has 0 radical (unpaired) electrons. The van der Waals surface area contributed by atoms with E-state index in [1.165, 1.54) is 48.9 Å². The third-order valence-electron chi connectivity index (χ3n) is 5.16. The molecule has 1 aromatic carbocycles. The van der Waals surface area contributed by atoms with Crippen molar-refractivity contribution in [1.29, 1.82) is 0 Å². The van der Waals surface area contributed by atoms with E-state index < -0.39 is 0 Å². The number of para-hydroxylation sites is 1. The SMILES string of the molecule is C[C@@H]1CN2CCCC2CN1Cc1cccc2cccnc12. The van der Waals surface area contributed by atoms with Crippen LogP contribution < -0.4 is 0 Å². The van der Waals surface area contributed by atoms with Crippen LogP contribution in [-0.4, -0.2) is 46.5 Å². The van der Waals surface area contributed by atoms with Crippen LogP contribution in [0.4, 0.5) is 0 Å². The first kappa shape index (κ1) is 13.2. The number of rotatable bonds is 2. The Morgan fingerprint density at radius 3 is 3.05 bits per heavy atom. The van der Waals surface area contributed by atoms with E-state index >= 15 is 0 Å². The maximum absolute atomic E-state index is 4.60. The summed E-state index contributed by atoms with van der Waals surface area (Å²) in [7, 11) is 0. The van der Waals surface area contributed by atoms with E-state index in [-0.39, 0.29) is 0 Å². The molecule has 110 valence electrons. The molecule has 1 unspecified atom stereocenters. The zero-order chi connectivity index (χ0) is 14.2. The summed E-state index contributed by atoms with van der Waals surface area (Å²) in [4.78, 5) is 9.93. The number of aromatic nitrogens is 1. The molecule has 21 heavy (non-hydrogen) atoms. The third-order valence-corrected chi connectivity index (χ3v) is 5.16. The van der Waals surface area contributed by atoms with Crippen molar-refractivity contribution in [3.8, 4) is 0 Å². The number of benzene rings is 1. The molecule has 0 saturated carbocycles. The van der Waals surface area contributed by atoms with Crippen molar-refractivity contribution in [3.05, 3.63) is 42.1 Å². The van der Waals surface area contributed by atoms with Gasteiger partial charge in [-0.2, -0.15) is 0 Å². The van der Waals surface area contributed by atoms with Crippen molar-refractivity contribution in [1.82, 2.24) is 14.8 Å². The van der Waals surface area contributed by atoms with Crippen LogP contribution in [0.1, 0.15) is 25.3 Å². The molecule has 0 aliphatic carbocycles. The number of piperazine rings is 1. The van der Waals surface area contributed by atoms with E-state index in [2.05, 4.69) is 46.0 Å². The number of hydrogen-bond acceptors (Lipinski definition) is 3. The molecule has 2 aliphatic heterocycles.